The standard InChI is InChI=1S/C21H21NO3S3/c1-4-24-16-10-9-14(18(13-16)25-5-2)11-19-20(23)22(21(26)28-19)15-7-6-8-17(12-15)27-3/h6-13H,4-5H2,1-3H3/b19-11+. The molecule has 0 spiro atoms. The SMILES string of the molecule is CCOc1ccc(/C=C2/SC(=S)N(c3cccc(SC)c3)C2=O)c(OCC)c1. The number of anilines is 1. The maximum Gasteiger partial charge on any atom is 0.270 e. The van der Waals surface area contributed by atoms with Crippen molar-refractivity contribution in [2.75, 3.05) is 24.4 Å². The molecule has 0 saturated carbocycles. The van der Waals surface area contributed by atoms with Crippen LogP contribution in [0.4, 0.5) is 5.69 Å². The molecular formula is C21H21NO3S3. The van der Waals surface area contributed by atoms with Gasteiger partial charge in [-0.3, -0.25) is 9.69 Å². The van der Waals surface area contributed by atoms with E-state index in [1.54, 1.807) is 16.7 Å². The van der Waals surface area contributed by atoms with Crippen LogP contribution in [0.3, 0.4) is 0 Å². The predicted molar refractivity (Wildman–Crippen MR) is 123 cm³/mol. The number of hydrogen-bond donors (Lipinski definition) is 0. The molecule has 2 aromatic rings. The van der Waals surface area contributed by atoms with Crippen LogP contribution in [0.15, 0.2) is 52.3 Å². The summed E-state index contributed by atoms with van der Waals surface area (Å²) in [4.78, 5) is 16.3. The quantitative estimate of drug-likeness (QED) is 0.322. The molecule has 1 heterocycles. The minimum absolute atomic E-state index is 0.121. The third kappa shape index (κ3) is 4.54. The Labute approximate surface area is 179 Å². The van der Waals surface area contributed by atoms with E-state index < -0.39 is 0 Å². The maximum atomic E-state index is 13.0. The van der Waals surface area contributed by atoms with E-state index in [-0.39, 0.29) is 5.91 Å². The van der Waals surface area contributed by atoms with Crippen LogP contribution < -0.4 is 14.4 Å². The lowest BCUT2D eigenvalue weighted by Gasteiger charge is -2.15. The molecule has 0 radical (unpaired) electrons. The minimum Gasteiger partial charge on any atom is -0.494 e. The number of nitrogens with zero attached hydrogens (tertiary/aromatic N) is 1. The van der Waals surface area contributed by atoms with E-state index in [2.05, 4.69) is 0 Å². The van der Waals surface area contributed by atoms with Gasteiger partial charge in [0.15, 0.2) is 4.32 Å². The highest BCUT2D eigenvalue weighted by Crippen LogP contribution is 2.38. The van der Waals surface area contributed by atoms with Crippen molar-refractivity contribution in [3.63, 3.8) is 0 Å². The number of hydrogen-bond acceptors (Lipinski definition) is 6. The van der Waals surface area contributed by atoms with Crippen molar-refractivity contribution >= 4 is 57.7 Å². The van der Waals surface area contributed by atoms with Crippen LogP contribution in [0, 0.1) is 0 Å². The molecule has 3 rings (SSSR count). The van der Waals surface area contributed by atoms with Gasteiger partial charge in [0.25, 0.3) is 5.91 Å². The van der Waals surface area contributed by atoms with Crippen molar-refractivity contribution in [1.29, 1.82) is 0 Å². The summed E-state index contributed by atoms with van der Waals surface area (Å²) in [6.45, 7) is 4.97. The van der Waals surface area contributed by atoms with Crippen molar-refractivity contribution in [3.8, 4) is 11.5 Å². The molecule has 0 bridgehead atoms. The summed E-state index contributed by atoms with van der Waals surface area (Å²) in [7, 11) is 0. The number of thiocarbonyl (C=S) groups is 1. The molecule has 0 unspecified atom stereocenters. The van der Waals surface area contributed by atoms with E-state index in [9.17, 15) is 4.79 Å². The van der Waals surface area contributed by atoms with Crippen LogP contribution in [0.2, 0.25) is 0 Å². The zero-order chi connectivity index (χ0) is 20.1. The number of carbonyl (C=O) groups is 1. The van der Waals surface area contributed by atoms with E-state index in [4.69, 9.17) is 21.7 Å². The van der Waals surface area contributed by atoms with Gasteiger partial charge in [0, 0.05) is 16.5 Å². The second-order valence-electron chi connectivity index (χ2n) is 5.78. The fraction of sp³-hybridized carbons (Fsp3) is 0.238. The van der Waals surface area contributed by atoms with Gasteiger partial charge in [-0.05, 0) is 56.5 Å². The first-order chi connectivity index (χ1) is 13.6. The van der Waals surface area contributed by atoms with E-state index >= 15 is 0 Å². The Morgan fingerprint density at radius 2 is 1.93 bits per heavy atom. The van der Waals surface area contributed by atoms with E-state index in [0.29, 0.717) is 28.2 Å². The van der Waals surface area contributed by atoms with Gasteiger partial charge in [-0.2, -0.15) is 0 Å². The van der Waals surface area contributed by atoms with Gasteiger partial charge in [0.2, 0.25) is 0 Å². The number of rotatable bonds is 7. The van der Waals surface area contributed by atoms with E-state index in [1.165, 1.54) is 11.8 Å². The monoisotopic (exact) mass is 431 g/mol. The lowest BCUT2D eigenvalue weighted by atomic mass is 10.1. The smallest absolute Gasteiger partial charge is 0.270 e. The first-order valence-electron chi connectivity index (χ1n) is 8.89. The first-order valence-corrected chi connectivity index (χ1v) is 11.3. The lowest BCUT2D eigenvalue weighted by Crippen LogP contribution is -2.27. The molecule has 1 aliphatic heterocycles. The topological polar surface area (TPSA) is 38.8 Å². The molecule has 0 aromatic heterocycles. The number of benzene rings is 2. The Hall–Kier alpha value is -1.96. The zero-order valence-electron chi connectivity index (χ0n) is 15.9. The highest BCUT2D eigenvalue weighted by atomic mass is 32.2. The van der Waals surface area contributed by atoms with Gasteiger partial charge >= 0.3 is 0 Å². The number of ether oxygens (including phenoxy) is 2. The third-order valence-electron chi connectivity index (χ3n) is 3.99. The van der Waals surface area contributed by atoms with Crippen LogP contribution in [0.1, 0.15) is 19.4 Å². The van der Waals surface area contributed by atoms with Gasteiger partial charge in [-0.1, -0.05) is 30.0 Å². The third-order valence-corrected chi connectivity index (χ3v) is 6.02. The molecular weight excluding hydrogens is 410 g/mol. The molecule has 28 heavy (non-hydrogen) atoms. The lowest BCUT2D eigenvalue weighted by molar-refractivity contribution is -0.113. The van der Waals surface area contributed by atoms with Crippen LogP contribution in [-0.4, -0.2) is 29.7 Å². The molecule has 1 aliphatic rings. The Morgan fingerprint density at radius 3 is 2.64 bits per heavy atom. The molecule has 4 nitrogen and oxygen atoms in total. The molecule has 0 aliphatic carbocycles. The highest BCUT2D eigenvalue weighted by Gasteiger charge is 2.33. The first kappa shape index (κ1) is 20.8. The largest absolute Gasteiger partial charge is 0.494 e. The van der Waals surface area contributed by atoms with Crippen molar-refractivity contribution in [2.24, 2.45) is 0 Å². The van der Waals surface area contributed by atoms with Gasteiger partial charge < -0.3 is 9.47 Å². The Bertz CT molecular complexity index is 927. The summed E-state index contributed by atoms with van der Waals surface area (Å²) in [5, 5.41) is 0. The maximum absolute atomic E-state index is 13.0. The highest BCUT2D eigenvalue weighted by molar-refractivity contribution is 8.27. The second kappa shape index (κ2) is 9.49. The van der Waals surface area contributed by atoms with Gasteiger partial charge in [0.1, 0.15) is 11.5 Å². The van der Waals surface area contributed by atoms with Gasteiger partial charge in [-0.25, -0.2) is 0 Å². The van der Waals surface area contributed by atoms with E-state index in [1.807, 2.05) is 68.6 Å². The summed E-state index contributed by atoms with van der Waals surface area (Å²) in [6.07, 6.45) is 3.84. The van der Waals surface area contributed by atoms with Crippen LogP contribution in [0.25, 0.3) is 6.08 Å². The van der Waals surface area contributed by atoms with Crippen molar-refractivity contribution in [3.05, 3.63) is 52.9 Å². The molecule has 0 atom stereocenters. The number of amides is 1. The van der Waals surface area contributed by atoms with Gasteiger partial charge in [0.05, 0.1) is 23.8 Å². The fourth-order valence-electron chi connectivity index (χ4n) is 2.75. The molecule has 0 N–H and O–H groups in total. The summed E-state index contributed by atoms with van der Waals surface area (Å²) in [5.74, 6) is 1.30. The summed E-state index contributed by atoms with van der Waals surface area (Å²) in [6, 6.07) is 13.4. The fourth-order valence-corrected chi connectivity index (χ4v) is 4.50. The number of thioether (sulfide) groups is 2. The second-order valence-corrected chi connectivity index (χ2v) is 8.34. The van der Waals surface area contributed by atoms with Crippen molar-refractivity contribution in [2.45, 2.75) is 18.7 Å². The minimum atomic E-state index is -0.121. The summed E-state index contributed by atoms with van der Waals surface area (Å²) in [5.41, 5.74) is 1.61. The molecule has 2 aromatic carbocycles. The average molecular weight is 432 g/mol. The molecule has 7 heteroatoms. The van der Waals surface area contributed by atoms with Crippen molar-refractivity contribution < 1.29 is 14.3 Å². The number of carbonyl (C=O) groups excluding carboxylic acids is 1. The molecule has 1 fully saturated rings. The van der Waals surface area contributed by atoms with Crippen LogP contribution in [-0.2, 0) is 4.79 Å². The summed E-state index contributed by atoms with van der Waals surface area (Å²) >= 11 is 8.41. The predicted octanol–water partition coefficient (Wildman–Crippen LogP) is 5.61. The molecule has 146 valence electrons. The Morgan fingerprint density at radius 1 is 1.14 bits per heavy atom. The molecule has 1 amide bonds. The van der Waals surface area contributed by atoms with E-state index in [0.717, 1.165) is 21.9 Å². The van der Waals surface area contributed by atoms with Crippen LogP contribution >= 0.6 is 35.7 Å². The Balaban J connectivity index is 1.93. The normalized spacial score (nSPS) is 15.4. The van der Waals surface area contributed by atoms with Gasteiger partial charge in [-0.15, -0.1) is 11.8 Å². The summed E-state index contributed by atoms with van der Waals surface area (Å²) < 4.78 is 11.8. The molecule has 1 saturated heterocycles. The van der Waals surface area contributed by atoms with Crippen molar-refractivity contribution in [1.82, 2.24) is 0 Å². The average Bonchev–Trinajstić information content (AvgIpc) is 2.97. The Kier molecular flexibility index (Phi) is 7.04. The zero-order valence-corrected chi connectivity index (χ0v) is 18.4. The van der Waals surface area contributed by atoms with Crippen LogP contribution in [0.5, 0.6) is 11.5 Å².